The Labute approximate surface area is 169 Å². The maximum Gasteiger partial charge on any atom is 0.252 e. The molecule has 0 aliphatic rings. The van der Waals surface area contributed by atoms with Gasteiger partial charge in [-0.1, -0.05) is 18.2 Å². The number of para-hydroxylation sites is 1. The minimum Gasteiger partial charge on any atom is -0.345 e. The molecule has 3 aromatic heterocycles. The summed E-state index contributed by atoms with van der Waals surface area (Å²) in [7, 11) is 3.77. The summed E-state index contributed by atoms with van der Waals surface area (Å²) in [5.41, 5.74) is 5.95. The Bertz CT molecular complexity index is 1220. The van der Waals surface area contributed by atoms with Crippen molar-refractivity contribution in [1.82, 2.24) is 29.9 Å². The molecule has 1 atom stereocenters. The summed E-state index contributed by atoms with van der Waals surface area (Å²) in [6.07, 6.45) is 3.73. The van der Waals surface area contributed by atoms with Gasteiger partial charge in [-0.05, 0) is 32.9 Å². The van der Waals surface area contributed by atoms with E-state index in [1.165, 1.54) is 0 Å². The van der Waals surface area contributed by atoms with Gasteiger partial charge < -0.3 is 5.32 Å². The second-order valence-electron chi connectivity index (χ2n) is 7.38. The fraction of sp³-hybridized carbons (Fsp3) is 0.273. The molecule has 4 aromatic rings. The normalized spacial score (nSPS) is 12.3. The number of amides is 1. The van der Waals surface area contributed by atoms with Gasteiger partial charge in [0.1, 0.15) is 0 Å². The van der Waals surface area contributed by atoms with Crippen LogP contribution in [0.1, 0.15) is 40.3 Å². The number of nitrogens with one attached hydrogen (secondary N) is 1. The van der Waals surface area contributed by atoms with Crippen LogP contribution in [0.4, 0.5) is 0 Å². The van der Waals surface area contributed by atoms with Crippen molar-refractivity contribution in [2.24, 2.45) is 14.1 Å². The number of hydrogen-bond donors (Lipinski definition) is 1. The first kappa shape index (κ1) is 18.9. The van der Waals surface area contributed by atoms with E-state index in [1.807, 2.05) is 76.1 Å². The summed E-state index contributed by atoms with van der Waals surface area (Å²) in [5.74, 6) is -0.137. The van der Waals surface area contributed by atoms with Crippen LogP contribution in [0.5, 0.6) is 0 Å². The molecule has 148 valence electrons. The molecule has 3 heterocycles. The van der Waals surface area contributed by atoms with E-state index >= 15 is 0 Å². The average molecular weight is 388 g/mol. The lowest BCUT2D eigenvalue weighted by molar-refractivity contribution is 0.0941. The number of carbonyl (C=O) groups is 1. The highest BCUT2D eigenvalue weighted by Crippen LogP contribution is 2.27. The van der Waals surface area contributed by atoms with E-state index in [9.17, 15) is 4.79 Å². The zero-order chi connectivity index (χ0) is 20.7. The lowest BCUT2D eigenvalue weighted by Crippen LogP contribution is -2.27. The van der Waals surface area contributed by atoms with Crippen molar-refractivity contribution in [1.29, 1.82) is 0 Å². The molecule has 7 heteroatoms. The van der Waals surface area contributed by atoms with Crippen molar-refractivity contribution in [3.8, 4) is 11.3 Å². The van der Waals surface area contributed by atoms with E-state index in [4.69, 9.17) is 4.98 Å². The fourth-order valence-electron chi connectivity index (χ4n) is 3.65. The van der Waals surface area contributed by atoms with E-state index in [0.717, 1.165) is 39.1 Å². The Balaban J connectivity index is 1.76. The van der Waals surface area contributed by atoms with E-state index in [0.29, 0.717) is 5.56 Å². The summed E-state index contributed by atoms with van der Waals surface area (Å²) in [5, 5.41) is 12.6. The van der Waals surface area contributed by atoms with Crippen molar-refractivity contribution in [3.05, 3.63) is 65.2 Å². The topological polar surface area (TPSA) is 77.6 Å². The number of rotatable bonds is 4. The predicted molar refractivity (Wildman–Crippen MR) is 113 cm³/mol. The first-order chi connectivity index (χ1) is 13.8. The zero-order valence-corrected chi connectivity index (χ0v) is 17.3. The van der Waals surface area contributed by atoms with Gasteiger partial charge in [-0.3, -0.25) is 14.2 Å². The molecule has 0 bridgehead atoms. The largest absolute Gasteiger partial charge is 0.345 e. The van der Waals surface area contributed by atoms with E-state index < -0.39 is 0 Å². The SMILES string of the molecule is Cc1nn(C)cc1-c1cc(C(=O)NC(C)c2cnn(C)c2C)c2ccccc2n1. The van der Waals surface area contributed by atoms with E-state index in [-0.39, 0.29) is 11.9 Å². The van der Waals surface area contributed by atoms with Crippen LogP contribution in [0.2, 0.25) is 0 Å². The molecule has 0 radical (unpaired) electrons. The van der Waals surface area contributed by atoms with Gasteiger partial charge in [-0.2, -0.15) is 10.2 Å². The van der Waals surface area contributed by atoms with E-state index in [2.05, 4.69) is 15.5 Å². The van der Waals surface area contributed by atoms with Crippen molar-refractivity contribution in [2.75, 3.05) is 0 Å². The molecule has 7 nitrogen and oxygen atoms in total. The van der Waals surface area contributed by atoms with Gasteiger partial charge in [0.2, 0.25) is 0 Å². The van der Waals surface area contributed by atoms with Crippen LogP contribution < -0.4 is 5.32 Å². The number of benzene rings is 1. The maximum absolute atomic E-state index is 13.2. The second-order valence-corrected chi connectivity index (χ2v) is 7.38. The predicted octanol–water partition coefficient (Wildman–Crippen LogP) is 3.48. The Morgan fingerprint density at radius 3 is 2.59 bits per heavy atom. The number of carbonyl (C=O) groups excluding carboxylic acids is 1. The zero-order valence-electron chi connectivity index (χ0n) is 17.3. The summed E-state index contributed by atoms with van der Waals surface area (Å²) in [6, 6.07) is 9.40. The minimum absolute atomic E-state index is 0.137. The van der Waals surface area contributed by atoms with Crippen LogP contribution in [-0.2, 0) is 14.1 Å². The average Bonchev–Trinajstić information content (AvgIpc) is 3.21. The summed E-state index contributed by atoms with van der Waals surface area (Å²) in [6.45, 7) is 5.91. The third kappa shape index (κ3) is 3.40. The van der Waals surface area contributed by atoms with Crippen molar-refractivity contribution in [3.63, 3.8) is 0 Å². The lowest BCUT2D eigenvalue weighted by atomic mass is 10.0. The first-order valence-electron chi connectivity index (χ1n) is 9.55. The molecule has 0 aliphatic carbocycles. The maximum atomic E-state index is 13.2. The Kier molecular flexibility index (Phi) is 4.66. The molecule has 1 amide bonds. The monoisotopic (exact) mass is 388 g/mol. The van der Waals surface area contributed by atoms with Gasteiger partial charge in [0.25, 0.3) is 5.91 Å². The molecule has 29 heavy (non-hydrogen) atoms. The van der Waals surface area contributed by atoms with Crippen LogP contribution in [-0.4, -0.2) is 30.5 Å². The molecular weight excluding hydrogens is 364 g/mol. The Morgan fingerprint density at radius 2 is 1.93 bits per heavy atom. The number of aromatic nitrogens is 5. The van der Waals surface area contributed by atoms with Crippen LogP contribution in [0.3, 0.4) is 0 Å². The van der Waals surface area contributed by atoms with Gasteiger partial charge in [0.15, 0.2) is 0 Å². The highest BCUT2D eigenvalue weighted by molar-refractivity contribution is 6.07. The molecule has 0 aliphatic heterocycles. The first-order valence-corrected chi connectivity index (χ1v) is 9.55. The van der Waals surface area contributed by atoms with Gasteiger partial charge in [-0.15, -0.1) is 0 Å². The number of aryl methyl sites for hydroxylation is 3. The van der Waals surface area contributed by atoms with Crippen molar-refractivity contribution < 1.29 is 4.79 Å². The smallest absolute Gasteiger partial charge is 0.252 e. The standard InChI is InChI=1S/C22H24N6O/c1-13(18-11-23-28(5)15(18)3)24-22(29)17-10-21(19-12-27(4)26-14(19)2)25-20-9-7-6-8-16(17)20/h6-13H,1-5H3,(H,24,29). The molecule has 1 aromatic carbocycles. The number of pyridine rings is 1. The molecular formula is C22H24N6O. The highest BCUT2D eigenvalue weighted by Gasteiger charge is 2.19. The molecule has 4 rings (SSSR count). The molecule has 1 N–H and O–H groups in total. The van der Waals surface area contributed by atoms with Crippen LogP contribution in [0, 0.1) is 13.8 Å². The van der Waals surface area contributed by atoms with Crippen LogP contribution in [0.25, 0.3) is 22.2 Å². The van der Waals surface area contributed by atoms with Crippen molar-refractivity contribution >= 4 is 16.8 Å². The lowest BCUT2D eigenvalue weighted by Gasteiger charge is -2.15. The molecule has 0 saturated carbocycles. The van der Waals surface area contributed by atoms with E-state index in [1.54, 1.807) is 10.9 Å². The number of nitrogens with zero attached hydrogens (tertiary/aromatic N) is 5. The second kappa shape index (κ2) is 7.16. The van der Waals surface area contributed by atoms with Crippen molar-refractivity contribution in [2.45, 2.75) is 26.8 Å². The van der Waals surface area contributed by atoms with Gasteiger partial charge in [-0.25, -0.2) is 4.98 Å². The molecule has 0 saturated heterocycles. The quantitative estimate of drug-likeness (QED) is 0.581. The molecule has 0 fully saturated rings. The van der Waals surface area contributed by atoms with Crippen LogP contribution >= 0.6 is 0 Å². The number of hydrogen-bond acceptors (Lipinski definition) is 4. The van der Waals surface area contributed by atoms with Gasteiger partial charge in [0, 0.05) is 42.5 Å². The summed E-state index contributed by atoms with van der Waals surface area (Å²) < 4.78 is 3.57. The Morgan fingerprint density at radius 1 is 1.17 bits per heavy atom. The molecule has 0 spiro atoms. The van der Waals surface area contributed by atoms with Gasteiger partial charge in [0.05, 0.1) is 34.7 Å². The molecule has 1 unspecified atom stereocenters. The summed E-state index contributed by atoms with van der Waals surface area (Å²) >= 11 is 0. The van der Waals surface area contributed by atoms with Crippen LogP contribution in [0.15, 0.2) is 42.7 Å². The summed E-state index contributed by atoms with van der Waals surface area (Å²) in [4.78, 5) is 18.0. The Hall–Kier alpha value is -3.48. The third-order valence-corrected chi connectivity index (χ3v) is 5.34. The fourth-order valence-corrected chi connectivity index (χ4v) is 3.65. The minimum atomic E-state index is -0.160. The third-order valence-electron chi connectivity index (χ3n) is 5.34. The number of fused-ring (bicyclic) bond motifs is 1. The highest BCUT2D eigenvalue weighted by atomic mass is 16.1. The van der Waals surface area contributed by atoms with Gasteiger partial charge >= 0.3 is 0 Å².